The Bertz CT molecular complexity index is 1370. The van der Waals surface area contributed by atoms with Crippen LogP contribution in [0.1, 0.15) is 22.9 Å². The van der Waals surface area contributed by atoms with Gasteiger partial charge in [0, 0.05) is 29.7 Å². The van der Waals surface area contributed by atoms with Gasteiger partial charge in [0.05, 0.1) is 17.5 Å². The topological polar surface area (TPSA) is 84.6 Å². The van der Waals surface area contributed by atoms with Crippen molar-refractivity contribution in [3.05, 3.63) is 81.0 Å². The fraction of sp³-hybridized carbons (Fsp3) is 0.208. The minimum Gasteiger partial charge on any atom is -0.408 e. The van der Waals surface area contributed by atoms with Gasteiger partial charge < -0.3 is 14.6 Å². The average molecular weight is 448 g/mol. The number of nitrogens with one attached hydrogen (secondary N) is 1. The highest BCUT2D eigenvalue weighted by atomic mass is 32.1. The quantitative estimate of drug-likeness (QED) is 0.507. The molecule has 8 heteroatoms. The van der Waals surface area contributed by atoms with Gasteiger partial charge in [0.2, 0.25) is 11.8 Å². The summed E-state index contributed by atoms with van der Waals surface area (Å²) in [6.07, 6.45) is 0.120. The molecule has 0 bridgehead atoms. The highest BCUT2D eigenvalue weighted by molar-refractivity contribution is 7.10. The Morgan fingerprint density at radius 2 is 1.91 bits per heavy atom. The number of aromatic nitrogens is 1. The summed E-state index contributed by atoms with van der Waals surface area (Å²) < 4.78 is 6.54. The number of oxazole rings is 1. The SMILES string of the molecule is Cc1ccc(N2C(=O)CC(C(=O)Nc3ccc4oc(=O)n(C)c4c3)C2c2cccs2)cc1. The molecular formula is C24H21N3O4S. The van der Waals surface area contributed by atoms with Gasteiger partial charge >= 0.3 is 5.76 Å². The first-order valence-electron chi connectivity index (χ1n) is 10.2. The molecule has 5 rings (SSSR count). The van der Waals surface area contributed by atoms with E-state index in [2.05, 4.69) is 5.32 Å². The second-order valence-corrected chi connectivity index (χ2v) is 8.95. The van der Waals surface area contributed by atoms with Crippen molar-refractivity contribution in [1.82, 2.24) is 4.57 Å². The van der Waals surface area contributed by atoms with Gasteiger partial charge in [-0.3, -0.25) is 14.2 Å². The molecule has 3 heterocycles. The zero-order valence-electron chi connectivity index (χ0n) is 17.6. The van der Waals surface area contributed by atoms with E-state index in [1.54, 1.807) is 30.1 Å². The minimum absolute atomic E-state index is 0.0833. The van der Waals surface area contributed by atoms with E-state index in [4.69, 9.17) is 4.42 Å². The molecule has 1 aliphatic heterocycles. The minimum atomic E-state index is -0.550. The molecule has 4 aromatic rings. The van der Waals surface area contributed by atoms with Gasteiger partial charge in [0.15, 0.2) is 5.58 Å². The maximum absolute atomic E-state index is 13.3. The number of hydrogen-bond acceptors (Lipinski definition) is 5. The molecule has 7 nitrogen and oxygen atoms in total. The zero-order chi connectivity index (χ0) is 22.4. The van der Waals surface area contributed by atoms with Gasteiger partial charge in [0.1, 0.15) is 0 Å². The molecule has 0 spiro atoms. The molecule has 2 unspecified atom stereocenters. The number of carbonyl (C=O) groups is 2. The van der Waals surface area contributed by atoms with Crippen LogP contribution in [0.3, 0.4) is 0 Å². The van der Waals surface area contributed by atoms with Crippen molar-refractivity contribution < 1.29 is 14.0 Å². The third-order valence-corrected chi connectivity index (χ3v) is 6.81. The lowest BCUT2D eigenvalue weighted by atomic mass is 9.97. The summed E-state index contributed by atoms with van der Waals surface area (Å²) in [5, 5.41) is 4.89. The summed E-state index contributed by atoms with van der Waals surface area (Å²) in [7, 11) is 1.61. The van der Waals surface area contributed by atoms with Crippen molar-refractivity contribution >= 4 is 45.6 Å². The summed E-state index contributed by atoms with van der Waals surface area (Å²) in [5.41, 5.74) is 3.47. The molecule has 0 radical (unpaired) electrons. The lowest BCUT2D eigenvalue weighted by molar-refractivity contribution is -0.122. The predicted molar refractivity (Wildman–Crippen MR) is 124 cm³/mol. The Hall–Kier alpha value is -3.65. The van der Waals surface area contributed by atoms with Crippen molar-refractivity contribution in [2.24, 2.45) is 13.0 Å². The lowest BCUT2D eigenvalue weighted by Crippen LogP contribution is -2.32. The molecule has 2 aromatic carbocycles. The first-order chi connectivity index (χ1) is 15.4. The molecule has 1 aliphatic rings. The maximum Gasteiger partial charge on any atom is 0.419 e. The van der Waals surface area contributed by atoms with Crippen molar-refractivity contribution in [2.75, 3.05) is 10.2 Å². The van der Waals surface area contributed by atoms with Gasteiger partial charge in [-0.25, -0.2) is 4.79 Å². The number of anilines is 2. The molecular weight excluding hydrogens is 426 g/mol. The van der Waals surface area contributed by atoms with Crippen LogP contribution in [-0.2, 0) is 16.6 Å². The molecule has 1 saturated heterocycles. The summed E-state index contributed by atoms with van der Waals surface area (Å²) in [4.78, 5) is 40.8. The normalized spacial score (nSPS) is 18.4. The van der Waals surface area contributed by atoms with Crippen LogP contribution < -0.4 is 16.0 Å². The lowest BCUT2D eigenvalue weighted by Gasteiger charge is -2.27. The van der Waals surface area contributed by atoms with Crippen LogP contribution in [-0.4, -0.2) is 16.4 Å². The molecule has 2 atom stereocenters. The number of rotatable bonds is 4. The van der Waals surface area contributed by atoms with Crippen molar-refractivity contribution in [3.8, 4) is 0 Å². The first kappa shape index (κ1) is 20.3. The summed E-state index contributed by atoms with van der Waals surface area (Å²) in [6.45, 7) is 2.00. The standard InChI is InChI=1S/C24H21N3O4S/c1-14-5-8-16(9-6-14)27-21(28)13-17(22(27)20-4-3-11-32-20)23(29)25-15-7-10-19-18(12-15)26(2)24(30)31-19/h3-12,17,22H,13H2,1-2H3,(H,25,29). The third kappa shape index (κ3) is 3.42. The van der Waals surface area contributed by atoms with Crippen LogP contribution in [0, 0.1) is 12.8 Å². The van der Waals surface area contributed by atoms with Crippen LogP contribution in [0.15, 0.2) is 69.2 Å². The molecule has 1 fully saturated rings. The van der Waals surface area contributed by atoms with E-state index in [9.17, 15) is 14.4 Å². The first-order valence-corrected chi connectivity index (χ1v) is 11.1. The zero-order valence-corrected chi connectivity index (χ0v) is 18.4. The van der Waals surface area contributed by atoms with E-state index >= 15 is 0 Å². The molecule has 1 N–H and O–H groups in total. The van der Waals surface area contributed by atoms with Crippen LogP contribution in [0.25, 0.3) is 11.1 Å². The van der Waals surface area contributed by atoms with Crippen LogP contribution in [0.5, 0.6) is 0 Å². The van der Waals surface area contributed by atoms with E-state index in [0.717, 1.165) is 16.1 Å². The summed E-state index contributed by atoms with van der Waals surface area (Å²) in [6, 6.07) is 16.3. The smallest absolute Gasteiger partial charge is 0.408 e. The fourth-order valence-corrected chi connectivity index (χ4v) is 5.08. The van der Waals surface area contributed by atoms with Crippen LogP contribution in [0.2, 0.25) is 0 Å². The van der Waals surface area contributed by atoms with Crippen molar-refractivity contribution in [3.63, 3.8) is 0 Å². The van der Waals surface area contributed by atoms with E-state index in [1.807, 2.05) is 48.7 Å². The van der Waals surface area contributed by atoms with E-state index < -0.39 is 11.7 Å². The van der Waals surface area contributed by atoms with Gasteiger partial charge in [-0.1, -0.05) is 23.8 Å². The monoisotopic (exact) mass is 447 g/mol. The highest BCUT2D eigenvalue weighted by Crippen LogP contribution is 2.43. The Morgan fingerprint density at radius 1 is 1.12 bits per heavy atom. The third-order valence-electron chi connectivity index (χ3n) is 5.87. The van der Waals surface area contributed by atoms with Gasteiger partial charge in [-0.2, -0.15) is 0 Å². The number of thiophene rings is 1. The summed E-state index contributed by atoms with van der Waals surface area (Å²) >= 11 is 1.53. The average Bonchev–Trinajstić information content (AvgIpc) is 3.48. The van der Waals surface area contributed by atoms with E-state index in [-0.39, 0.29) is 24.3 Å². The Balaban J connectivity index is 1.48. The Morgan fingerprint density at radius 3 is 2.62 bits per heavy atom. The maximum atomic E-state index is 13.3. The second-order valence-electron chi connectivity index (χ2n) is 7.97. The number of aryl methyl sites for hydroxylation is 2. The number of fused-ring (bicyclic) bond motifs is 1. The van der Waals surface area contributed by atoms with Crippen molar-refractivity contribution in [1.29, 1.82) is 0 Å². The molecule has 162 valence electrons. The fourth-order valence-electron chi connectivity index (χ4n) is 4.20. The van der Waals surface area contributed by atoms with Gasteiger partial charge in [0.25, 0.3) is 0 Å². The van der Waals surface area contributed by atoms with E-state index in [0.29, 0.717) is 16.8 Å². The molecule has 32 heavy (non-hydrogen) atoms. The van der Waals surface area contributed by atoms with Crippen LogP contribution in [0.4, 0.5) is 11.4 Å². The molecule has 2 aromatic heterocycles. The van der Waals surface area contributed by atoms with Gasteiger partial charge in [-0.05, 0) is 48.7 Å². The highest BCUT2D eigenvalue weighted by Gasteiger charge is 2.45. The Kier molecular flexibility index (Phi) is 4.94. The molecule has 0 saturated carbocycles. The van der Waals surface area contributed by atoms with Crippen molar-refractivity contribution in [2.45, 2.75) is 19.4 Å². The number of nitrogens with zero attached hydrogens (tertiary/aromatic N) is 2. The second kappa shape index (κ2) is 7.80. The number of carbonyl (C=O) groups excluding carboxylic acids is 2. The number of hydrogen-bond donors (Lipinski definition) is 1. The summed E-state index contributed by atoms with van der Waals surface area (Å²) in [5.74, 6) is -1.33. The predicted octanol–water partition coefficient (Wildman–Crippen LogP) is 4.23. The number of amides is 2. The molecule has 2 amide bonds. The van der Waals surface area contributed by atoms with Gasteiger partial charge in [-0.15, -0.1) is 11.3 Å². The van der Waals surface area contributed by atoms with E-state index in [1.165, 1.54) is 15.9 Å². The largest absolute Gasteiger partial charge is 0.419 e. The van der Waals surface area contributed by atoms with Crippen LogP contribution >= 0.6 is 11.3 Å². The molecule has 0 aliphatic carbocycles. The Labute approximate surface area is 187 Å². The number of benzene rings is 2.